The molecule has 8 nitrogen and oxygen atoms in total. The lowest BCUT2D eigenvalue weighted by Gasteiger charge is -2.13. The van der Waals surface area contributed by atoms with Gasteiger partial charge in [-0.25, -0.2) is 9.78 Å². The van der Waals surface area contributed by atoms with Crippen molar-refractivity contribution in [3.8, 4) is 23.0 Å². The molecule has 0 aromatic carbocycles. The van der Waals surface area contributed by atoms with Gasteiger partial charge in [0.05, 0.1) is 38.0 Å². The number of methoxy groups -OCH3 is 3. The topological polar surface area (TPSA) is 92.5 Å². The van der Waals surface area contributed by atoms with Gasteiger partial charge in [0.2, 0.25) is 5.88 Å². The number of rotatable bonds is 4. The summed E-state index contributed by atoms with van der Waals surface area (Å²) in [4.78, 5) is 33.0. The number of ether oxygens (including phenoxy) is 3. The monoisotopic (exact) mass is 331 g/mol. The standard InChI is InChI=1S/C16H17N3O5/c1-22-13-11(8-17-16(18-13)24-3)9-7-10(15(21)23-2)12-5-4-6-19(12)14(9)20/h7-8H,4-6H2,1-3H3. The lowest BCUT2D eigenvalue weighted by molar-refractivity contribution is 0.0598. The normalized spacial score (nSPS) is 12.6. The minimum Gasteiger partial charge on any atom is -0.480 e. The van der Waals surface area contributed by atoms with E-state index in [0.717, 1.165) is 6.42 Å². The van der Waals surface area contributed by atoms with Gasteiger partial charge in [0.25, 0.3) is 5.56 Å². The van der Waals surface area contributed by atoms with Gasteiger partial charge in [0, 0.05) is 18.4 Å². The van der Waals surface area contributed by atoms with Gasteiger partial charge < -0.3 is 18.8 Å². The Hall–Kier alpha value is -2.90. The highest BCUT2D eigenvalue weighted by Crippen LogP contribution is 2.29. The van der Waals surface area contributed by atoms with E-state index in [1.165, 1.54) is 33.6 Å². The molecule has 1 aliphatic rings. The molecule has 0 amide bonds. The molecule has 24 heavy (non-hydrogen) atoms. The predicted molar refractivity (Wildman–Crippen MR) is 84.5 cm³/mol. The summed E-state index contributed by atoms with van der Waals surface area (Å²) in [5, 5.41) is 0. The first kappa shape index (κ1) is 16.0. The summed E-state index contributed by atoms with van der Waals surface area (Å²) in [7, 11) is 4.20. The van der Waals surface area contributed by atoms with Gasteiger partial charge in [-0.1, -0.05) is 0 Å². The Kier molecular flexibility index (Phi) is 4.20. The van der Waals surface area contributed by atoms with Crippen molar-refractivity contribution in [1.82, 2.24) is 14.5 Å². The quantitative estimate of drug-likeness (QED) is 0.773. The number of hydrogen-bond acceptors (Lipinski definition) is 7. The first-order chi connectivity index (χ1) is 11.6. The van der Waals surface area contributed by atoms with E-state index in [0.29, 0.717) is 35.3 Å². The van der Waals surface area contributed by atoms with E-state index in [1.807, 2.05) is 0 Å². The second-order valence-electron chi connectivity index (χ2n) is 5.25. The van der Waals surface area contributed by atoms with E-state index in [-0.39, 0.29) is 17.4 Å². The SMILES string of the molecule is COC(=O)c1cc(-c2cnc(OC)nc2OC)c(=O)n2c1CCC2. The van der Waals surface area contributed by atoms with Crippen molar-refractivity contribution >= 4 is 5.97 Å². The molecule has 8 heteroatoms. The number of carbonyl (C=O) groups is 1. The highest BCUT2D eigenvalue weighted by Gasteiger charge is 2.25. The Bertz CT molecular complexity index is 860. The average molecular weight is 331 g/mol. The summed E-state index contributed by atoms with van der Waals surface area (Å²) in [5.41, 5.74) is 1.56. The van der Waals surface area contributed by atoms with E-state index in [2.05, 4.69) is 9.97 Å². The maximum Gasteiger partial charge on any atom is 0.339 e. The summed E-state index contributed by atoms with van der Waals surface area (Å²) < 4.78 is 16.7. The van der Waals surface area contributed by atoms with Crippen LogP contribution in [0.2, 0.25) is 0 Å². The lowest BCUT2D eigenvalue weighted by atomic mass is 10.0. The molecule has 1 aliphatic heterocycles. The van der Waals surface area contributed by atoms with Crippen LogP contribution in [0, 0.1) is 0 Å². The molecule has 0 aliphatic carbocycles. The first-order valence-corrected chi connectivity index (χ1v) is 7.41. The van der Waals surface area contributed by atoms with Crippen LogP contribution in [0.1, 0.15) is 22.5 Å². The van der Waals surface area contributed by atoms with Crippen molar-refractivity contribution in [1.29, 1.82) is 0 Å². The zero-order chi connectivity index (χ0) is 17.3. The molecule has 0 saturated carbocycles. The summed E-state index contributed by atoms with van der Waals surface area (Å²) in [6.07, 6.45) is 2.92. The smallest absolute Gasteiger partial charge is 0.339 e. The second-order valence-corrected chi connectivity index (χ2v) is 5.25. The van der Waals surface area contributed by atoms with Gasteiger partial charge in [0.1, 0.15) is 0 Å². The van der Waals surface area contributed by atoms with Crippen LogP contribution in [0.3, 0.4) is 0 Å². The Morgan fingerprint density at radius 2 is 2.00 bits per heavy atom. The fourth-order valence-corrected chi connectivity index (χ4v) is 2.88. The van der Waals surface area contributed by atoms with E-state index in [4.69, 9.17) is 14.2 Å². The van der Waals surface area contributed by atoms with Crippen LogP contribution < -0.4 is 15.0 Å². The Morgan fingerprint density at radius 3 is 2.67 bits per heavy atom. The highest BCUT2D eigenvalue weighted by molar-refractivity contribution is 5.92. The number of carbonyl (C=O) groups excluding carboxylic acids is 1. The summed E-state index contributed by atoms with van der Waals surface area (Å²) >= 11 is 0. The minimum atomic E-state index is -0.477. The summed E-state index contributed by atoms with van der Waals surface area (Å²) in [6.45, 7) is 0.561. The van der Waals surface area contributed by atoms with Crippen molar-refractivity contribution in [3.63, 3.8) is 0 Å². The van der Waals surface area contributed by atoms with E-state index in [9.17, 15) is 9.59 Å². The van der Waals surface area contributed by atoms with Crippen molar-refractivity contribution in [2.75, 3.05) is 21.3 Å². The lowest BCUT2D eigenvalue weighted by Crippen LogP contribution is -2.24. The van der Waals surface area contributed by atoms with Gasteiger partial charge in [-0.05, 0) is 18.9 Å². The summed E-state index contributed by atoms with van der Waals surface area (Å²) in [5.74, 6) is -0.274. The van der Waals surface area contributed by atoms with Crippen LogP contribution in [0.25, 0.3) is 11.1 Å². The molecule has 0 unspecified atom stereocenters. The van der Waals surface area contributed by atoms with Crippen molar-refractivity contribution in [2.45, 2.75) is 19.4 Å². The second kappa shape index (κ2) is 6.31. The van der Waals surface area contributed by atoms with E-state index < -0.39 is 5.97 Å². The zero-order valence-electron chi connectivity index (χ0n) is 13.7. The van der Waals surface area contributed by atoms with E-state index in [1.54, 1.807) is 4.57 Å². The predicted octanol–water partition coefficient (Wildman–Crippen LogP) is 1.06. The molecule has 0 atom stereocenters. The third-order valence-electron chi connectivity index (χ3n) is 4.00. The number of aromatic nitrogens is 3. The Balaban J connectivity index is 2.26. The van der Waals surface area contributed by atoms with Gasteiger partial charge in [0.15, 0.2) is 0 Å². The highest BCUT2D eigenvalue weighted by atomic mass is 16.5. The van der Waals surface area contributed by atoms with Crippen LogP contribution in [-0.2, 0) is 17.7 Å². The average Bonchev–Trinajstić information content (AvgIpc) is 3.11. The number of fused-ring (bicyclic) bond motifs is 1. The molecule has 0 fully saturated rings. The summed E-state index contributed by atoms with van der Waals surface area (Å²) in [6, 6.07) is 1.66. The maximum absolute atomic E-state index is 12.8. The molecule has 126 valence electrons. The van der Waals surface area contributed by atoms with Crippen LogP contribution in [0.4, 0.5) is 0 Å². The third kappa shape index (κ3) is 2.49. The zero-order valence-corrected chi connectivity index (χ0v) is 13.7. The Morgan fingerprint density at radius 1 is 1.21 bits per heavy atom. The molecule has 3 rings (SSSR count). The molecule has 3 heterocycles. The largest absolute Gasteiger partial charge is 0.480 e. The minimum absolute atomic E-state index is 0.130. The molecule has 0 bridgehead atoms. The van der Waals surface area contributed by atoms with Gasteiger partial charge >= 0.3 is 12.0 Å². The van der Waals surface area contributed by atoms with E-state index >= 15 is 0 Å². The molecular weight excluding hydrogens is 314 g/mol. The van der Waals surface area contributed by atoms with Gasteiger partial charge in [-0.2, -0.15) is 4.98 Å². The number of pyridine rings is 1. The third-order valence-corrected chi connectivity index (χ3v) is 4.00. The molecule has 0 saturated heterocycles. The van der Waals surface area contributed by atoms with Crippen LogP contribution in [-0.4, -0.2) is 41.8 Å². The number of hydrogen-bond donors (Lipinski definition) is 0. The maximum atomic E-state index is 12.8. The first-order valence-electron chi connectivity index (χ1n) is 7.41. The van der Waals surface area contributed by atoms with Crippen LogP contribution in [0.15, 0.2) is 17.1 Å². The van der Waals surface area contributed by atoms with Crippen LogP contribution in [0.5, 0.6) is 11.9 Å². The molecular formula is C16H17N3O5. The van der Waals surface area contributed by atoms with Crippen molar-refractivity contribution < 1.29 is 19.0 Å². The number of esters is 1. The number of nitrogens with zero attached hydrogens (tertiary/aromatic N) is 3. The fraction of sp³-hybridized carbons (Fsp3) is 0.375. The Labute approximate surface area is 138 Å². The molecule has 2 aromatic heterocycles. The van der Waals surface area contributed by atoms with Crippen molar-refractivity contribution in [2.24, 2.45) is 0 Å². The van der Waals surface area contributed by atoms with Crippen LogP contribution >= 0.6 is 0 Å². The van der Waals surface area contributed by atoms with Gasteiger partial charge in [-0.15, -0.1) is 0 Å². The molecule has 0 N–H and O–H groups in total. The van der Waals surface area contributed by atoms with Crippen molar-refractivity contribution in [3.05, 3.63) is 33.9 Å². The molecule has 0 spiro atoms. The fourth-order valence-electron chi connectivity index (χ4n) is 2.88. The molecule has 0 radical (unpaired) electrons. The molecule has 2 aromatic rings. The van der Waals surface area contributed by atoms with Gasteiger partial charge in [-0.3, -0.25) is 4.79 Å².